The van der Waals surface area contributed by atoms with E-state index in [2.05, 4.69) is 27.9 Å². The van der Waals surface area contributed by atoms with Crippen LogP contribution in [0.2, 0.25) is 0 Å². The van der Waals surface area contributed by atoms with E-state index < -0.39 is 10.0 Å². The van der Waals surface area contributed by atoms with Gasteiger partial charge in [0.1, 0.15) is 5.82 Å². The van der Waals surface area contributed by atoms with Gasteiger partial charge in [-0.1, -0.05) is 19.9 Å². The van der Waals surface area contributed by atoms with Gasteiger partial charge in [0.25, 0.3) is 0 Å². The maximum Gasteiger partial charge on any atom is 0.240 e. The maximum atomic E-state index is 13.0. The third kappa shape index (κ3) is 4.00. The van der Waals surface area contributed by atoms with E-state index >= 15 is 0 Å². The van der Waals surface area contributed by atoms with E-state index in [0.29, 0.717) is 5.65 Å². The minimum absolute atomic E-state index is 0.0380. The first-order valence-corrected chi connectivity index (χ1v) is 11.6. The van der Waals surface area contributed by atoms with Gasteiger partial charge in [0.15, 0.2) is 5.65 Å². The monoisotopic (exact) mass is 413 g/mol. The molecule has 0 radical (unpaired) electrons. The maximum absolute atomic E-state index is 13.0. The van der Waals surface area contributed by atoms with Crippen LogP contribution in [0.3, 0.4) is 0 Å². The smallest absolute Gasteiger partial charge is 0.240 e. The minimum Gasteiger partial charge on any atom is -0.354 e. The first kappa shape index (κ1) is 19.8. The van der Waals surface area contributed by atoms with E-state index in [9.17, 15) is 8.42 Å². The van der Waals surface area contributed by atoms with Crippen LogP contribution in [0.25, 0.3) is 22.2 Å². The Hall–Kier alpha value is -2.45. The zero-order valence-corrected chi connectivity index (χ0v) is 17.9. The van der Waals surface area contributed by atoms with Gasteiger partial charge in [0, 0.05) is 55.7 Å². The third-order valence-corrected chi connectivity index (χ3v) is 7.24. The fourth-order valence-electron chi connectivity index (χ4n) is 3.76. The highest BCUT2D eigenvalue weighted by Crippen LogP contribution is 2.33. The van der Waals surface area contributed by atoms with E-state index in [4.69, 9.17) is 4.98 Å². The van der Waals surface area contributed by atoms with Gasteiger partial charge in [0.05, 0.1) is 5.75 Å². The molecule has 1 saturated heterocycles. The second-order valence-corrected chi connectivity index (χ2v) is 9.97. The van der Waals surface area contributed by atoms with Crippen LogP contribution in [0, 0.1) is 5.92 Å². The number of hydrogen-bond acceptors (Lipinski definition) is 6. The van der Waals surface area contributed by atoms with Gasteiger partial charge < -0.3 is 9.80 Å². The number of likely N-dealkylation sites (N-methyl/N-ethyl adjacent to an activating group) is 1. The zero-order chi connectivity index (χ0) is 20.6. The van der Waals surface area contributed by atoms with Crippen molar-refractivity contribution < 1.29 is 8.42 Å². The number of anilines is 1. The number of hydrogen-bond donors (Lipinski definition) is 0. The second-order valence-electron chi connectivity index (χ2n) is 8.08. The Morgan fingerprint density at radius 3 is 2.55 bits per heavy atom. The minimum atomic E-state index is -3.49. The van der Waals surface area contributed by atoms with Crippen LogP contribution in [-0.4, -0.2) is 66.2 Å². The molecule has 0 atom stereocenters. The Kier molecular flexibility index (Phi) is 5.31. The van der Waals surface area contributed by atoms with Gasteiger partial charge >= 0.3 is 0 Å². The summed E-state index contributed by atoms with van der Waals surface area (Å²) < 4.78 is 27.3. The average molecular weight is 414 g/mol. The van der Waals surface area contributed by atoms with Crippen molar-refractivity contribution in [3.05, 3.63) is 42.9 Å². The standard InChI is InChI=1S/C21H27N5O2S/c1-16(2)15-29(27,28)26-8-6-18-19(17-5-4-7-22-14-17)13-20(23-21(18)26)25-11-9-24(3)10-12-25/h4-8,13-14,16H,9-12,15H2,1-3H3. The Labute approximate surface area is 172 Å². The van der Waals surface area contributed by atoms with Gasteiger partial charge in [-0.15, -0.1) is 0 Å². The Bertz CT molecular complexity index is 1100. The normalized spacial score (nSPS) is 16.1. The Morgan fingerprint density at radius 1 is 1.14 bits per heavy atom. The lowest BCUT2D eigenvalue weighted by molar-refractivity contribution is 0.312. The topological polar surface area (TPSA) is 71.3 Å². The number of nitrogens with zero attached hydrogens (tertiary/aromatic N) is 5. The SMILES string of the molecule is CC(C)CS(=O)(=O)n1ccc2c(-c3cccnc3)cc(N3CCN(C)CC3)nc21. The molecule has 1 fully saturated rings. The van der Waals surface area contributed by atoms with E-state index in [-0.39, 0.29) is 11.7 Å². The predicted octanol–water partition coefficient (Wildman–Crippen LogP) is 2.68. The zero-order valence-electron chi connectivity index (χ0n) is 17.1. The van der Waals surface area contributed by atoms with Crippen molar-refractivity contribution >= 4 is 26.9 Å². The van der Waals surface area contributed by atoms with E-state index in [1.807, 2.05) is 38.2 Å². The predicted molar refractivity (Wildman–Crippen MR) is 117 cm³/mol. The second kappa shape index (κ2) is 7.76. The Morgan fingerprint density at radius 2 is 1.90 bits per heavy atom. The van der Waals surface area contributed by atoms with E-state index in [0.717, 1.165) is 48.5 Å². The first-order chi connectivity index (χ1) is 13.8. The fourth-order valence-corrected chi connectivity index (χ4v) is 5.41. The fraction of sp³-hybridized carbons (Fsp3) is 0.429. The molecule has 4 heterocycles. The van der Waals surface area contributed by atoms with Crippen LogP contribution in [0.5, 0.6) is 0 Å². The number of aromatic nitrogens is 3. The van der Waals surface area contributed by atoms with E-state index in [1.54, 1.807) is 12.4 Å². The summed E-state index contributed by atoms with van der Waals surface area (Å²) in [7, 11) is -1.38. The van der Waals surface area contributed by atoms with Gasteiger partial charge in [-0.2, -0.15) is 0 Å². The van der Waals surface area contributed by atoms with Gasteiger partial charge in [-0.05, 0) is 36.7 Å². The molecule has 0 amide bonds. The summed E-state index contributed by atoms with van der Waals surface area (Å²) in [5, 5.41) is 0.822. The molecule has 0 spiro atoms. The molecule has 0 bridgehead atoms. The van der Waals surface area contributed by atoms with Gasteiger partial charge in [0.2, 0.25) is 10.0 Å². The lowest BCUT2D eigenvalue weighted by atomic mass is 10.1. The summed E-state index contributed by atoms with van der Waals surface area (Å²) in [6.45, 7) is 7.45. The molecular formula is C21H27N5O2S. The molecule has 0 aliphatic carbocycles. The summed E-state index contributed by atoms with van der Waals surface area (Å²) in [4.78, 5) is 13.6. The van der Waals surface area contributed by atoms with Crippen molar-refractivity contribution in [2.24, 2.45) is 5.92 Å². The van der Waals surface area contributed by atoms with Crippen LogP contribution in [0.4, 0.5) is 5.82 Å². The van der Waals surface area contributed by atoms with Crippen molar-refractivity contribution in [3.8, 4) is 11.1 Å². The van der Waals surface area contributed by atoms with Crippen molar-refractivity contribution in [1.29, 1.82) is 0 Å². The molecular weight excluding hydrogens is 386 g/mol. The lowest BCUT2D eigenvalue weighted by Crippen LogP contribution is -2.44. The average Bonchev–Trinajstić information content (AvgIpc) is 3.12. The molecule has 4 rings (SSSR count). The number of pyridine rings is 2. The van der Waals surface area contributed by atoms with Crippen LogP contribution in [0.1, 0.15) is 13.8 Å². The number of rotatable bonds is 5. The number of fused-ring (bicyclic) bond motifs is 1. The molecule has 154 valence electrons. The molecule has 3 aromatic rings. The van der Waals surface area contributed by atoms with Crippen LogP contribution in [0.15, 0.2) is 42.9 Å². The Balaban J connectivity index is 1.90. The van der Waals surface area contributed by atoms with E-state index in [1.165, 1.54) is 3.97 Å². The number of piperazine rings is 1. The summed E-state index contributed by atoms with van der Waals surface area (Å²) in [5.74, 6) is 0.930. The molecule has 1 aliphatic rings. The molecule has 0 unspecified atom stereocenters. The first-order valence-electron chi connectivity index (χ1n) is 9.94. The molecule has 3 aromatic heterocycles. The summed E-state index contributed by atoms with van der Waals surface area (Å²) in [6, 6.07) is 7.79. The van der Waals surface area contributed by atoms with Crippen LogP contribution >= 0.6 is 0 Å². The summed E-state index contributed by atoms with van der Waals surface area (Å²) in [5.41, 5.74) is 2.39. The highest BCUT2D eigenvalue weighted by Gasteiger charge is 2.23. The lowest BCUT2D eigenvalue weighted by Gasteiger charge is -2.33. The third-order valence-electron chi connectivity index (χ3n) is 5.25. The van der Waals surface area contributed by atoms with Crippen molar-refractivity contribution in [3.63, 3.8) is 0 Å². The highest BCUT2D eigenvalue weighted by atomic mass is 32.2. The van der Waals surface area contributed by atoms with Crippen molar-refractivity contribution in [2.45, 2.75) is 13.8 Å². The molecule has 8 heteroatoms. The summed E-state index contributed by atoms with van der Waals surface area (Å²) >= 11 is 0. The molecule has 29 heavy (non-hydrogen) atoms. The molecule has 0 aromatic carbocycles. The van der Waals surface area contributed by atoms with Crippen LogP contribution < -0.4 is 4.90 Å². The molecule has 1 aliphatic heterocycles. The van der Waals surface area contributed by atoms with Gasteiger partial charge in [-0.25, -0.2) is 17.4 Å². The molecule has 0 saturated carbocycles. The molecule has 0 N–H and O–H groups in total. The highest BCUT2D eigenvalue weighted by molar-refractivity contribution is 7.90. The molecule has 7 nitrogen and oxygen atoms in total. The van der Waals surface area contributed by atoms with Crippen molar-refractivity contribution in [1.82, 2.24) is 18.8 Å². The largest absolute Gasteiger partial charge is 0.354 e. The quantitative estimate of drug-likeness (QED) is 0.640. The van der Waals surface area contributed by atoms with Crippen LogP contribution in [-0.2, 0) is 10.0 Å². The summed E-state index contributed by atoms with van der Waals surface area (Å²) in [6.07, 6.45) is 5.17. The van der Waals surface area contributed by atoms with Gasteiger partial charge in [-0.3, -0.25) is 4.98 Å². The van der Waals surface area contributed by atoms with Crippen molar-refractivity contribution in [2.75, 3.05) is 43.9 Å².